The normalized spacial score (nSPS) is 15.5. The third-order valence-electron chi connectivity index (χ3n) is 10.3. The van der Waals surface area contributed by atoms with Crippen LogP contribution in [0.25, 0.3) is 78.3 Å². The van der Waals surface area contributed by atoms with Crippen LogP contribution >= 0.6 is 0 Å². The maximum atomic E-state index is 6.33. The van der Waals surface area contributed by atoms with Crippen molar-refractivity contribution in [2.75, 3.05) is 0 Å². The Morgan fingerprint density at radius 1 is 0.377 bits per heavy atom. The molecular weight excluding hydrogens is 647 g/mol. The zero-order valence-electron chi connectivity index (χ0n) is 28.8. The molecule has 2 heterocycles. The van der Waals surface area contributed by atoms with Crippen LogP contribution < -0.4 is 4.74 Å². The van der Waals surface area contributed by atoms with E-state index in [0.717, 1.165) is 49.9 Å². The minimum atomic E-state index is 0.0412. The highest BCUT2D eigenvalue weighted by Gasteiger charge is 2.34. The van der Waals surface area contributed by atoms with E-state index >= 15 is 0 Å². The topological polar surface area (TPSA) is 47.9 Å². The molecule has 10 rings (SSSR count). The summed E-state index contributed by atoms with van der Waals surface area (Å²) < 4.78 is 6.33. The molecule has 0 fully saturated rings. The van der Waals surface area contributed by atoms with Crippen LogP contribution in [0.2, 0.25) is 0 Å². The molecule has 0 saturated heterocycles. The van der Waals surface area contributed by atoms with Gasteiger partial charge in [0.2, 0.25) is 0 Å². The van der Waals surface area contributed by atoms with E-state index in [4.69, 9.17) is 19.7 Å². The molecule has 0 saturated carbocycles. The molecule has 0 N–H and O–H groups in total. The van der Waals surface area contributed by atoms with Crippen molar-refractivity contribution in [2.24, 2.45) is 0 Å². The van der Waals surface area contributed by atoms with Crippen molar-refractivity contribution < 1.29 is 4.74 Å². The Hall–Kier alpha value is -6.91. The van der Waals surface area contributed by atoms with Crippen LogP contribution in [0.1, 0.15) is 11.5 Å². The van der Waals surface area contributed by atoms with Gasteiger partial charge in [-0.25, -0.2) is 15.0 Å². The Morgan fingerprint density at radius 3 is 1.49 bits per heavy atom. The zero-order valence-corrected chi connectivity index (χ0v) is 28.8. The molecule has 53 heavy (non-hydrogen) atoms. The maximum absolute atomic E-state index is 6.33. The van der Waals surface area contributed by atoms with Crippen molar-refractivity contribution in [3.63, 3.8) is 0 Å². The second-order valence-corrected chi connectivity index (χ2v) is 13.6. The second-order valence-electron chi connectivity index (χ2n) is 13.6. The average molecular weight is 680 g/mol. The lowest BCUT2D eigenvalue weighted by Crippen LogP contribution is -2.15. The van der Waals surface area contributed by atoms with Gasteiger partial charge < -0.3 is 4.74 Å². The van der Waals surface area contributed by atoms with Gasteiger partial charge in [0, 0.05) is 28.2 Å². The summed E-state index contributed by atoms with van der Waals surface area (Å²) in [4.78, 5) is 15.2. The highest BCUT2D eigenvalue weighted by Crippen LogP contribution is 2.46. The van der Waals surface area contributed by atoms with Crippen LogP contribution in [0.15, 0.2) is 188 Å². The Bertz CT molecular complexity index is 2580. The van der Waals surface area contributed by atoms with Crippen molar-refractivity contribution in [3.05, 3.63) is 194 Å². The molecular formula is C49H33N3O. The van der Waals surface area contributed by atoms with Crippen LogP contribution in [0, 0.1) is 0 Å². The first kappa shape index (κ1) is 30.9. The van der Waals surface area contributed by atoms with Gasteiger partial charge in [0.1, 0.15) is 11.9 Å². The molecule has 8 aromatic rings. The molecule has 1 aromatic heterocycles. The molecule has 7 aromatic carbocycles. The summed E-state index contributed by atoms with van der Waals surface area (Å²) in [5, 5.41) is 2.28. The van der Waals surface area contributed by atoms with E-state index in [1.165, 1.54) is 22.3 Å². The van der Waals surface area contributed by atoms with Crippen LogP contribution in [0.4, 0.5) is 0 Å². The SMILES string of the molecule is C1=CC2Oc3cccc(-c4ccc5ccc(-c6nc(-c7ccc(-c8ccccc8)cc7)nc(-c7ccc(-c8ccccc8)cc7)n6)cc5c4)c3C2C=C1. The fourth-order valence-electron chi connectivity index (χ4n) is 7.55. The number of rotatable bonds is 6. The summed E-state index contributed by atoms with van der Waals surface area (Å²) in [5.74, 6) is 3.07. The van der Waals surface area contributed by atoms with Gasteiger partial charge in [-0.05, 0) is 68.4 Å². The Morgan fingerprint density at radius 2 is 0.868 bits per heavy atom. The van der Waals surface area contributed by atoms with Gasteiger partial charge >= 0.3 is 0 Å². The summed E-state index contributed by atoms with van der Waals surface area (Å²) in [6.45, 7) is 0. The Balaban J connectivity index is 1.06. The van der Waals surface area contributed by atoms with Crippen LogP contribution in [-0.4, -0.2) is 21.1 Å². The molecule has 1 aliphatic heterocycles. The molecule has 0 radical (unpaired) electrons. The van der Waals surface area contributed by atoms with Crippen molar-refractivity contribution in [1.82, 2.24) is 15.0 Å². The van der Waals surface area contributed by atoms with E-state index in [-0.39, 0.29) is 12.0 Å². The quantitative estimate of drug-likeness (QED) is 0.175. The fraction of sp³-hybridized carbons (Fsp3) is 0.0408. The maximum Gasteiger partial charge on any atom is 0.164 e. The minimum Gasteiger partial charge on any atom is -0.485 e. The fourth-order valence-corrected chi connectivity index (χ4v) is 7.55. The summed E-state index contributed by atoms with van der Waals surface area (Å²) in [7, 11) is 0. The highest BCUT2D eigenvalue weighted by atomic mass is 16.5. The number of ether oxygens (including phenoxy) is 1. The molecule has 0 bridgehead atoms. The second kappa shape index (κ2) is 13.0. The molecule has 4 nitrogen and oxygen atoms in total. The number of nitrogens with zero attached hydrogens (tertiary/aromatic N) is 3. The standard InChI is InChI=1S/C49H33N3O/c1-3-10-32(11-4-1)34-18-24-37(25-19-34)47-50-48(38-26-20-35(21-27-38)33-12-5-2-6-13-33)52-49(51-47)40-29-23-36-22-28-39(30-41(36)31-40)42-15-9-17-45-46(42)43-14-7-8-16-44(43)53-45/h1-31,43-44H. The summed E-state index contributed by atoms with van der Waals surface area (Å²) >= 11 is 0. The van der Waals surface area contributed by atoms with Crippen molar-refractivity contribution >= 4 is 10.8 Å². The largest absolute Gasteiger partial charge is 0.485 e. The molecule has 2 atom stereocenters. The number of allylic oxidation sites excluding steroid dienone is 2. The molecule has 250 valence electrons. The first-order valence-corrected chi connectivity index (χ1v) is 18.0. The molecule has 0 amide bonds. The number of fused-ring (bicyclic) bond motifs is 4. The van der Waals surface area contributed by atoms with Gasteiger partial charge in [-0.2, -0.15) is 0 Å². The predicted molar refractivity (Wildman–Crippen MR) is 215 cm³/mol. The number of hydrogen-bond acceptors (Lipinski definition) is 4. The summed E-state index contributed by atoms with van der Waals surface area (Å²) in [6.07, 6.45) is 8.63. The third kappa shape index (κ3) is 5.81. The highest BCUT2D eigenvalue weighted by molar-refractivity contribution is 5.91. The van der Waals surface area contributed by atoms with E-state index in [9.17, 15) is 0 Å². The Labute approximate surface area is 308 Å². The van der Waals surface area contributed by atoms with Gasteiger partial charge in [0.25, 0.3) is 0 Å². The van der Waals surface area contributed by atoms with Crippen LogP contribution in [-0.2, 0) is 0 Å². The van der Waals surface area contributed by atoms with Crippen molar-refractivity contribution in [1.29, 1.82) is 0 Å². The lowest BCUT2D eigenvalue weighted by atomic mass is 9.86. The first-order chi connectivity index (χ1) is 26.2. The number of hydrogen-bond donors (Lipinski definition) is 0. The first-order valence-electron chi connectivity index (χ1n) is 18.0. The van der Waals surface area contributed by atoms with Gasteiger partial charge in [0.05, 0.1) is 0 Å². The van der Waals surface area contributed by atoms with E-state index in [2.05, 4.69) is 176 Å². The van der Waals surface area contributed by atoms with Gasteiger partial charge in [-0.1, -0.05) is 164 Å². The lowest BCUT2D eigenvalue weighted by molar-refractivity contribution is 0.269. The lowest BCUT2D eigenvalue weighted by Gasteiger charge is -2.16. The van der Waals surface area contributed by atoms with E-state index in [1.54, 1.807) is 0 Å². The van der Waals surface area contributed by atoms with Crippen LogP contribution in [0.3, 0.4) is 0 Å². The zero-order chi connectivity index (χ0) is 35.1. The van der Waals surface area contributed by atoms with Crippen molar-refractivity contribution in [3.8, 4) is 73.3 Å². The van der Waals surface area contributed by atoms with E-state index in [1.807, 2.05) is 12.1 Å². The molecule has 4 heteroatoms. The predicted octanol–water partition coefficient (Wildman–Crippen LogP) is 12.0. The third-order valence-corrected chi connectivity index (χ3v) is 10.3. The number of aromatic nitrogens is 3. The molecule has 2 aliphatic rings. The number of benzene rings is 7. The van der Waals surface area contributed by atoms with Crippen molar-refractivity contribution in [2.45, 2.75) is 12.0 Å². The van der Waals surface area contributed by atoms with Gasteiger partial charge in [-0.15, -0.1) is 0 Å². The van der Waals surface area contributed by atoms with E-state index in [0.29, 0.717) is 17.5 Å². The average Bonchev–Trinajstić information content (AvgIpc) is 3.63. The smallest absolute Gasteiger partial charge is 0.164 e. The Kier molecular flexibility index (Phi) is 7.58. The summed E-state index contributed by atoms with van der Waals surface area (Å²) in [6, 6.07) is 57.3. The van der Waals surface area contributed by atoms with Gasteiger partial charge in [0.15, 0.2) is 17.5 Å². The van der Waals surface area contributed by atoms with Crippen LogP contribution in [0.5, 0.6) is 5.75 Å². The molecule has 1 aliphatic carbocycles. The molecule has 2 unspecified atom stereocenters. The van der Waals surface area contributed by atoms with E-state index < -0.39 is 0 Å². The monoisotopic (exact) mass is 679 g/mol. The minimum absolute atomic E-state index is 0.0412. The molecule has 0 spiro atoms. The summed E-state index contributed by atoms with van der Waals surface area (Å²) in [5.41, 5.74) is 11.0. The van der Waals surface area contributed by atoms with Gasteiger partial charge in [-0.3, -0.25) is 0 Å².